The van der Waals surface area contributed by atoms with Crippen molar-refractivity contribution in [1.29, 1.82) is 0 Å². The van der Waals surface area contributed by atoms with Crippen LogP contribution in [-0.2, 0) is 6.42 Å². The molecule has 1 aliphatic rings. The molecule has 2 aromatic heterocycles. The molecule has 0 spiro atoms. The summed E-state index contributed by atoms with van der Waals surface area (Å²) in [6.45, 7) is 4.83. The fraction of sp³-hybridized carbons (Fsp3) is 0.286. The van der Waals surface area contributed by atoms with Crippen molar-refractivity contribution in [2.24, 2.45) is 0 Å². The van der Waals surface area contributed by atoms with Gasteiger partial charge in [-0.05, 0) is 36.2 Å². The van der Waals surface area contributed by atoms with E-state index < -0.39 is 0 Å². The van der Waals surface area contributed by atoms with Crippen LogP contribution in [0.3, 0.4) is 0 Å². The first-order valence-corrected chi connectivity index (χ1v) is 9.48. The van der Waals surface area contributed by atoms with Gasteiger partial charge in [0.2, 0.25) is 0 Å². The molecule has 0 atom stereocenters. The van der Waals surface area contributed by atoms with Crippen LogP contribution in [0.25, 0.3) is 0 Å². The van der Waals surface area contributed by atoms with Gasteiger partial charge in [0.25, 0.3) is 5.91 Å². The Balaban J connectivity index is 1.38. The van der Waals surface area contributed by atoms with Crippen molar-refractivity contribution in [1.82, 2.24) is 14.9 Å². The quantitative estimate of drug-likeness (QED) is 0.735. The maximum atomic E-state index is 12.4. The number of hydrogen-bond donors (Lipinski definition) is 1. The molecule has 0 saturated carbocycles. The number of hydrogen-bond acceptors (Lipinski definition) is 6. The second-order valence-electron chi connectivity index (χ2n) is 6.69. The smallest absolute Gasteiger partial charge is 0.289 e. The zero-order valence-electron chi connectivity index (χ0n) is 15.8. The fourth-order valence-corrected chi connectivity index (χ4v) is 3.25. The van der Waals surface area contributed by atoms with Crippen LogP contribution in [0.1, 0.15) is 23.0 Å². The molecule has 1 saturated heterocycles. The number of aryl methyl sites for hydroxylation is 1. The molecular weight excluding hydrogens is 354 g/mol. The lowest BCUT2D eigenvalue weighted by Gasteiger charge is -2.35. The van der Waals surface area contributed by atoms with Gasteiger partial charge in [-0.25, -0.2) is 9.97 Å². The van der Waals surface area contributed by atoms with Gasteiger partial charge < -0.3 is 19.5 Å². The van der Waals surface area contributed by atoms with E-state index in [1.54, 1.807) is 18.5 Å². The van der Waals surface area contributed by atoms with E-state index in [-0.39, 0.29) is 5.91 Å². The Hall–Kier alpha value is -3.35. The minimum atomic E-state index is -0.0646. The molecule has 1 fully saturated rings. The summed E-state index contributed by atoms with van der Waals surface area (Å²) >= 11 is 0. The van der Waals surface area contributed by atoms with E-state index in [1.807, 2.05) is 11.0 Å². The van der Waals surface area contributed by atoms with Gasteiger partial charge >= 0.3 is 0 Å². The molecule has 0 aliphatic carbocycles. The number of aromatic nitrogens is 2. The van der Waals surface area contributed by atoms with Gasteiger partial charge in [0.05, 0.1) is 6.26 Å². The second kappa shape index (κ2) is 8.12. The Morgan fingerprint density at radius 1 is 1.11 bits per heavy atom. The number of carbonyl (C=O) groups is 1. The summed E-state index contributed by atoms with van der Waals surface area (Å²) in [6.07, 6.45) is 4.11. The zero-order valence-corrected chi connectivity index (χ0v) is 15.8. The first-order chi connectivity index (χ1) is 13.7. The van der Waals surface area contributed by atoms with Crippen molar-refractivity contribution in [3.8, 4) is 0 Å². The summed E-state index contributed by atoms with van der Waals surface area (Å²) in [7, 11) is 0. The molecular formula is C21H23N5O2. The van der Waals surface area contributed by atoms with Crippen LogP contribution in [0.5, 0.6) is 0 Å². The van der Waals surface area contributed by atoms with Crippen molar-refractivity contribution < 1.29 is 9.21 Å². The molecule has 3 heterocycles. The summed E-state index contributed by atoms with van der Waals surface area (Å²) < 4.78 is 5.21. The Morgan fingerprint density at radius 3 is 2.57 bits per heavy atom. The molecule has 1 aliphatic heterocycles. The zero-order chi connectivity index (χ0) is 19.3. The van der Waals surface area contributed by atoms with Gasteiger partial charge in [0.1, 0.15) is 18.0 Å². The van der Waals surface area contributed by atoms with Gasteiger partial charge in [-0.15, -0.1) is 0 Å². The topological polar surface area (TPSA) is 74.5 Å². The van der Waals surface area contributed by atoms with Crippen LogP contribution in [-0.4, -0.2) is 47.0 Å². The Labute approximate surface area is 164 Å². The molecule has 0 radical (unpaired) electrons. The summed E-state index contributed by atoms with van der Waals surface area (Å²) in [5.41, 5.74) is 2.30. The van der Waals surface area contributed by atoms with Crippen molar-refractivity contribution in [3.63, 3.8) is 0 Å². The van der Waals surface area contributed by atoms with Gasteiger partial charge in [0.15, 0.2) is 5.76 Å². The van der Waals surface area contributed by atoms with Crippen LogP contribution in [0.4, 0.5) is 17.3 Å². The summed E-state index contributed by atoms with van der Waals surface area (Å²) in [5, 5.41) is 3.33. The lowest BCUT2D eigenvalue weighted by molar-refractivity contribution is 0.0714. The van der Waals surface area contributed by atoms with Crippen molar-refractivity contribution in [3.05, 3.63) is 66.4 Å². The summed E-state index contributed by atoms with van der Waals surface area (Å²) in [6, 6.07) is 13.7. The van der Waals surface area contributed by atoms with E-state index in [0.29, 0.717) is 31.9 Å². The van der Waals surface area contributed by atoms with Crippen LogP contribution in [0.2, 0.25) is 0 Å². The largest absolute Gasteiger partial charge is 0.459 e. The lowest BCUT2D eigenvalue weighted by Crippen LogP contribution is -2.49. The number of carbonyl (C=O) groups excluding carboxylic acids is 1. The molecule has 0 bridgehead atoms. The number of anilines is 3. The molecule has 1 N–H and O–H groups in total. The van der Waals surface area contributed by atoms with Crippen molar-refractivity contribution in [2.45, 2.75) is 13.3 Å². The van der Waals surface area contributed by atoms with Crippen LogP contribution < -0.4 is 10.2 Å². The first-order valence-electron chi connectivity index (χ1n) is 9.48. The average Bonchev–Trinajstić information content (AvgIpc) is 3.29. The average molecular weight is 377 g/mol. The number of furan rings is 1. The van der Waals surface area contributed by atoms with Crippen LogP contribution in [0, 0.1) is 0 Å². The molecule has 4 rings (SSSR count). The number of nitrogens with zero attached hydrogens (tertiary/aromatic N) is 4. The van der Waals surface area contributed by atoms with E-state index in [1.165, 1.54) is 11.8 Å². The SMILES string of the molecule is CCc1ccc(Nc2cc(N3CCN(C(=O)c4ccco4)CC3)ncn2)cc1. The summed E-state index contributed by atoms with van der Waals surface area (Å²) in [5.74, 6) is 1.93. The molecule has 7 nitrogen and oxygen atoms in total. The highest BCUT2D eigenvalue weighted by Crippen LogP contribution is 2.20. The monoisotopic (exact) mass is 377 g/mol. The molecule has 28 heavy (non-hydrogen) atoms. The number of nitrogens with one attached hydrogen (secondary N) is 1. The molecule has 7 heteroatoms. The molecule has 144 valence electrons. The third kappa shape index (κ3) is 3.98. The maximum Gasteiger partial charge on any atom is 0.289 e. The van der Waals surface area contributed by atoms with Crippen molar-refractivity contribution >= 4 is 23.2 Å². The Morgan fingerprint density at radius 2 is 1.89 bits per heavy atom. The van der Waals surface area contributed by atoms with E-state index in [2.05, 4.69) is 51.4 Å². The predicted molar refractivity (Wildman–Crippen MR) is 108 cm³/mol. The molecule has 0 unspecified atom stereocenters. The van der Waals surface area contributed by atoms with E-state index in [0.717, 1.165) is 23.7 Å². The fourth-order valence-electron chi connectivity index (χ4n) is 3.25. The Kier molecular flexibility index (Phi) is 5.23. The number of benzene rings is 1. The first kappa shape index (κ1) is 18.0. The van der Waals surface area contributed by atoms with E-state index in [4.69, 9.17) is 4.42 Å². The minimum absolute atomic E-state index is 0.0646. The predicted octanol–water partition coefficient (Wildman–Crippen LogP) is 3.34. The maximum absolute atomic E-state index is 12.4. The third-order valence-electron chi connectivity index (χ3n) is 4.91. The number of piperazine rings is 1. The Bertz CT molecular complexity index is 916. The van der Waals surface area contributed by atoms with Gasteiger partial charge in [-0.3, -0.25) is 4.79 Å². The summed E-state index contributed by atoms with van der Waals surface area (Å²) in [4.78, 5) is 25.1. The highest BCUT2D eigenvalue weighted by molar-refractivity contribution is 5.91. The van der Waals surface area contributed by atoms with E-state index in [9.17, 15) is 4.79 Å². The highest BCUT2D eigenvalue weighted by atomic mass is 16.3. The highest BCUT2D eigenvalue weighted by Gasteiger charge is 2.24. The van der Waals surface area contributed by atoms with Gasteiger partial charge in [-0.1, -0.05) is 19.1 Å². The van der Waals surface area contributed by atoms with Gasteiger partial charge in [0, 0.05) is 37.9 Å². The van der Waals surface area contributed by atoms with E-state index >= 15 is 0 Å². The van der Waals surface area contributed by atoms with Gasteiger partial charge in [-0.2, -0.15) is 0 Å². The number of amides is 1. The normalized spacial score (nSPS) is 14.2. The second-order valence-corrected chi connectivity index (χ2v) is 6.69. The lowest BCUT2D eigenvalue weighted by atomic mass is 10.1. The third-order valence-corrected chi connectivity index (χ3v) is 4.91. The van der Waals surface area contributed by atoms with Crippen LogP contribution in [0.15, 0.2) is 59.5 Å². The standard InChI is InChI=1S/C21H23N5O2/c1-2-16-5-7-17(8-6-16)24-19-14-20(23-15-22-19)25-9-11-26(12-10-25)21(27)18-4-3-13-28-18/h3-8,13-15H,2,9-12H2,1H3,(H,22,23,24). The van der Waals surface area contributed by atoms with Crippen LogP contribution >= 0.6 is 0 Å². The number of rotatable bonds is 5. The molecule has 1 amide bonds. The van der Waals surface area contributed by atoms with Crippen molar-refractivity contribution in [2.75, 3.05) is 36.4 Å². The molecule has 1 aromatic carbocycles. The molecule has 3 aromatic rings. The minimum Gasteiger partial charge on any atom is -0.459 e.